The maximum atomic E-state index is 6.88. The lowest BCUT2D eigenvalue weighted by Gasteiger charge is -2.35. The summed E-state index contributed by atoms with van der Waals surface area (Å²) in [6.07, 6.45) is 5.24. The van der Waals surface area contributed by atoms with Crippen LogP contribution in [0.4, 0.5) is 0 Å². The SMILES string of the molecule is CCC1C(c2ccccc2)=NC(c2cc([C@@H]3CCc4cc5ccccc5cc4-c4ccccc43)c3c(c2)oc2ccccc23)C(C)CCC1c1ccc2c(c1)sc1ccccc12. The Labute approximate surface area is 367 Å². The highest BCUT2D eigenvalue weighted by molar-refractivity contribution is 7.25. The number of furan rings is 1. The van der Waals surface area contributed by atoms with E-state index in [9.17, 15) is 0 Å². The molecule has 2 aromatic heterocycles. The van der Waals surface area contributed by atoms with Crippen molar-refractivity contribution >= 4 is 69.9 Å². The normalized spacial score (nSPS) is 20.5. The van der Waals surface area contributed by atoms with Crippen molar-refractivity contribution in [3.8, 4) is 11.1 Å². The minimum Gasteiger partial charge on any atom is -0.456 e. The summed E-state index contributed by atoms with van der Waals surface area (Å²) < 4.78 is 9.62. The maximum absolute atomic E-state index is 6.88. The summed E-state index contributed by atoms with van der Waals surface area (Å²) in [5.74, 6) is 1.14. The number of rotatable bonds is 5. The fourth-order valence-corrected chi connectivity index (χ4v) is 12.6. The van der Waals surface area contributed by atoms with Gasteiger partial charge in [0.15, 0.2) is 0 Å². The summed E-state index contributed by atoms with van der Waals surface area (Å²) in [6, 6.07) is 63.6. The van der Waals surface area contributed by atoms with Crippen molar-refractivity contribution in [3.63, 3.8) is 0 Å². The first kappa shape index (κ1) is 37.5. The molecule has 10 aromatic rings. The molecule has 2 aliphatic rings. The van der Waals surface area contributed by atoms with Crippen molar-refractivity contribution in [2.45, 2.75) is 63.8 Å². The highest BCUT2D eigenvalue weighted by atomic mass is 32.1. The average Bonchev–Trinajstić information content (AvgIpc) is 3.83. The first-order chi connectivity index (χ1) is 30.6. The summed E-state index contributed by atoms with van der Waals surface area (Å²) in [7, 11) is 0. The quantitative estimate of drug-likeness (QED) is 0.170. The second-order valence-electron chi connectivity index (χ2n) is 18.0. The van der Waals surface area contributed by atoms with Crippen LogP contribution in [0, 0.1) is 11.8 Å². The Morgan fingerprint density at radius 2 is 1.32 bits per heavy atom. The van der Waals surface area contributed by atoms with Crippen LogP contribution in [0.25, 0.3) is 64.0 Å². The molecule has 1 aliphatic carbocycles. The lowest BCUT2D eigenvalue weighted by atomic mass is 9.73. The van der Waals surface area contributed by atoms with Gasteiger partial charge in [-0.1, -0.05) is 153 Å². The molecule has 1 aliphatic heterocycles. The lowest BCUT2D eigenvalue weighted by Crippen LogP contribution is -2.28. The molecule has 5 atom stereocenters. The third-order valence-electron chi connectivity index (χ3n) is 14.5. The Kier molecular flexibility index (Phi) is 9.22. The minimum atomic E-state index is -0.0230. The van der Waals surface area contributed by atoms with Crippen LogP contribution in [-0.2, 0) is 6.42 Å². The molecule has 4 unspecified atom stereocenters. The maximum Gasteiger partial charge on any atom is 0.136 e. The first-order valence-electron chi connectivity index (χ1n) is 22.7. The van der Waals surface area contributed by atoms with E-state index in [1.54, 1.807) is 0 Å². The minimum absolute atomic E-state index is 0.0230. The van der Waals surface area contributed by atoms with Crippen LogP contribution in [0.3, 0.4) is 0 Å². The molecule has 3 heterocycles. The summed E-state index contributed by atoms with van der Waals surface area (Å²) in [6.45, 7) is 4.82. The molecule has 0 amide bonds. The van der Waals surface area contributed by atoms with Crippen molar-refractivity contribution in [1.29, 1.82) is 0 Å². The molecule has 2 nitrogen and oxygen atoms in total. The Hall–Kier alpha value is -6.29. The van der Waals surface area contributed by atoms with E-state index in [4.69, 9.17) is 9.41 Å². The monoisotopic (exact) mass is 819 g/mol. The van der Waals surface area contributed by atoms with Gasteiger partial charge in [0.2, 0.25) is 0 Å². The topological polar surface area (TPSA) is 25.5 Å². The van der Waals surface area contributed by atoms with Gasteiger partial charge in [0.1, 0.15) is 11.2 Å². The second kappa shape index (κ2) is 15.3. The van der Waals surface area contributed by atoms with Crippen LogP contribution in [-0.4, -0.2) is 5.71 Å². The highest BCUT2D eigenvalue weighted by Crippen LogP contribution is 2.49. The number of thiophene rings is 1. The van der Waals surface area contributed by atoms with Gasteiger partial charge in [-0.05, 0) is 130 Å². The Balaban J connectivity index is 1.03. The number of hydrogen-bond donors (Lipinski definition) is 0. The Morgan fingerprint density at radius 3 is 2.19 bits per heavy atom. The fraction of sp³-hybridized carbons (Fsp3) is 0.203. The molecule has 12 rings (SSSR count). The van der Waals surface area contributed by atoms with E-state index >= 15 is 0 Å². The van der Waals surface area contributed by atoms with Crippen LogP contribution in [0.1, 0.15) is 90.8 Å². The van der Waals surface area contributed by atoms with Gasteiger partial charge >= 0.3 is 0 Å². The molecule has 0 saturated carbocycles. The standard InChI is InChI=1S/C59H49NOS/c1-3-43-44(41-27-30-49-48-21-12-14-24-55(48)62-56(49)35-41)28-25-36(2)58(60-59(43)37-15-5-4-6-16-37)42-33-52(57-50-22-11-13-23-53(50)61-54(57)34-42)47-29-26-40-31-38-17-7-8-18-39(38)32-51(40)46-20-10-9-19-45(46)47/h4-24,27,30-36,43-44,47,58H,3,25-26,28-29H2,1-2H3/t36?,43?,44?,47-,58?/m1/s1. The number of fused-ring (bicyclic) bond motifs is 10. The van der Waals surface area contributed by atoms with E-state index in [0.29, 0.717) is 11.8 Å². The molecule has 0 N–H and O–H groups in total. The molecular weight excluding hydrogens is 771 g/mol. The van der Waals surface area contributed by atoms with Gasteiger partial charge in [-0.3, -0.25) is 4.99 Å². The van der Waals surface area contributed by atoms with E-state index < -0.39 is 0 Å². The predicted octanol–water partition coefficient (Wildman–Crippen LogP) is 16.6. The third-order valence-corrected chi connectivity index (χ3v) is 15.6. The molecule has 0 bridgehead atoms. The Bertz CT molecular complexity index is 3350. The zero-order valence-electron chi connectivity index (χ0n) is 35.4. The summed E-state index contributed by atoms with van der Waals surface area (Å²) in [5, 5.41) is 7.77. The van der Waals surface area contributed by atoms with E-state index in [1.165, 1.54) is 91.9 Å². The van der Waals surface area contributed by atoms with E-state index in [-0.39, 0.29) is 17.9 Å². The molecule has 0 spiro atoms. The second-order valence-corrected chi connectivity index (χ2v) is 19.1. The molecule has 8 aromatic carbocycles. The summed E-state index contributed by atoms with van der Waals surface area (Å²) >= 11 is 1.92. The van der Waals surface area contributed by atoms with Gasteiger partial charge in [0.05, 0.1) is 6.04 Å². The van der Waals surface area contributed by atoms with Crippen molar-refractivity contribution < 1.29 is 4.42 Å². The van der Waals surface area contributed by atoms with Gasteiger partial charge in [-0.15, -0.1) is 11.3 Å². The van der Waals surface area contributed by atoms with Gasteiger partial charge in [-0.2, -0.15) is 0 Å². The summed E-state index contributed by atoms with van der Waals surface area (Å²) in [4.78, 5) is 6.03. The zero-order valence-corrected chi connectivity index (χ0v) is 36.2. The van der Waals surface area contributed by atoms with Crippen LogP contribution in [0.5, 0.6) is 0 Å². The van der Waals surface area contributed by atoms with Gasteiger partial charge in [0, 0.05) is 48.5 Å². The number of benzene rings is 8. The number of para-hydroxylation sites is 1. The number of nitrogens with zero attached hydrogens (tertiary/aromatic N) is 1. The van der Waals surface area contributed by atoms with Gasteiger partial charge in [0.25, 0.3) is 0 Å². The number of aliphatic imine (C=N–C) groups is 1. The third kappa shape index (κ3) is 6.23. The van der Waals surface area contributed by atoms with Crippen molar-refractivity contribution in [1.82, 2.24) is 0 Å². The van der Waals surface area contributed by atoms with E-state index in [2.05, 4.69) is 184 Å². The largest absolute Gasteiger partial charge is 0.456 e. The summed E-state index contributed by atoms with van der Waals surface area (Å²) in [5.41, 5.74) is 14.0. The van der Waals surface area contributed by atoms with Crippen LogP contribution in [0.15, 0.2) is 179 Å². The molecule has 0 radical (unpaired) electrons. The van der Waals surface area contributed by atoms with E-state index in [1.807, 2.05) is 11.3 Å². The highest BCUT2D eigenvalue weighted by Gasteiger charge is 2.35. The molecule has 62 heavy (non-hydrogen) atoms. The van der Waals surface area contributed by atoms with Crippen molar-refractivity contribution in [2.24, 2.45) is 16.8 Å². The molecule has 302 valence electrons. The van der Waals surface area contributed by atoms with Crippen LogP contribution < -0.4 is 0 Å². The van der Waals surface area contributed by atoms with Crippen molar-refractivity contribution in [3.05, 3.63) is 203 Å². The molecule has 0 fully saturated rings. The van der Waals surface area contributed by atoms with Gasteiger partial charge in [-0.25, -0.2) is 0 Å². The first-order valence-corrected chi connectivity index (χ1v) is 23.5. The fourth-order valence-electron chi connectivity index (χ4n) is 11.4. The van der Waals surface area contributed by atoms with Gasteiger partial charge < -0.3 is 4.42 Å². The molecule has 3 heteroatoms. The molecule has 0 saturated heterocycles. The zero-order chi connectivity index (χ0) is 41.3. The van der Waals surface area contributed by atoms with E-state index in [0.717, 1.165) is 43.3 Å². The number of aryl methyl sites for hydroxylation is 1. The Morgan fingerprint density at radius 1 is 0.581 bits per heavy atom. The van der Waals surface area contributed by atoms with Crippen molar-refractivity contribution in [2.75, 3.05) is 0 Å². The lowest BCUT2D eigenvalue weighted by molar-refractivity contribution is 0.362. The smallest absolute Gasteiger partial charge is 0.136 e. The number of hydrogen-bond acceptors (Lipinski definition) is 3. The van der Waals surface area contributed by atoms with Crippen LogP contribution >= 0.6 is 11.3 Å². The average molecular weight is 820 g/mol. The predicted molar refractivity (Wildman–Crippen MR) is 263 cm³/mol. The molecular formula is C59H49NOS. The van der Waals surface area contributed by atoms with Crippen LogP contribution in [0.2, 0.25) is 0 Å².